The Bertz CT molecular complexity index is 640. The Kier molecular flexibility index (Phi) is 3.44. The number of hydrogen-bond acceptors (Lipinski definition) is 5. The highest BCUT2D eigenvalue weighted by atomic mass is 16.3. The number of Topliss-reactive ketones (excluding diaryl/α,β-unsaturated/α-hetero) is 1. The summed E-state index contributed by atoms with van der Waals surface area (Å²) < 4.78 is 0. The van der Waals surface area contributed by atoms with E-state index in [1.807, 2.05) is 6.07 Å². The number of ketones is 1. The van der Waals surface area contributed by atoms with E-state index in [1.165, 1.54) is 19.1 Å². The van der Waals surface area contributed by atoms with Gasteiger partial charge in [-0.1, -0.05) is 12.1 Å². The van der Waals surface area contributed by atoms with E-state index >= 15 is 0 Å². The molecule has 1 aromatic carbocycles. The number of amides is 1. The third-order valence-corrected chi connectivity index (χ3v) is 3.13. The zero-order valence-corrected chi connectivity index (χ0v) is 10.7. The summed E-state index contributed by atoms with van der Waals surface area (Å²) in [6.45, 7) is 1.01. The molecule has 1 aliphatic heterocycles. The van der Waals surface area contributed by atoms with Crippen LogP contribution in [-0.2, 0) is 9.59 Å². The normalized spacial score (nSPS) is 18.3. The molecule has 0 saturated carbocycles. The first-order chi connectivity index (χ1) is 9.47. The van der Waals surface area contributed by atoms with E-state index in [9.17, 15) is 19.8 Å². The van der Waals surface area contributed by atoms with Crippen molar-refractivity contribution in [3.8, 4) is 11.8 Å². The SMILES string of the molecule is CC(=O)C1=C(O)C(=O)N(CC#N)C1c1ccc(O)cc1. The van der Waals surface area contributed by atoms with Crippen molar-refractivity contribution in [2.45, 2.75) is 13.0 Å². The van der Waals surface area contributed by atoms with Crippen LogP contribution in [0.4, 0.5) is 0 Å². The van der Waals surface area contributed by atoms with Crippen molar-refractivity contribution in [2.75, 3.05) is 6.54 Å². The lowest BCUT2D eigenvalue weighted by molar-refractivity contribution is -0.128. The van der Waals surface area contributed by atoms with Gasteiger partial charge in [0, 0.05) is 0 Å². The molecule has 0 fully saturated rings. The molecule has 0 bridgehead atoms. The molecule has 20 heavy (non-hydrogen) atoms. The van der Waals surface area contributed by atoms with Crippen molar-refractivity contribution < 1.29 is 19.8 Å². The first-order valence-corrected chi connectivity index (χ1v) is 5.88. The Labute approximate surface area is 115 Å². The van der Waals surface area contributed by atoms with Crippen LogP contribution in [0.1, 0.15) is 18.5 Å². The fourth-order valence-electron chi connectivity index (χ4n) is 2.26. The summed E-state index contributed by atoms with van der Waals surface area (Å²) in [6, 6.07) is 6.94. The Morgan fingerprint density at radius 2 is 1.95 bits per heavy atom. The highest BCUT2D eigenvalue weighted by molar-refractivity contribution is 6.08. The highest BCUT2D eigenvalue weighted by Crippen LogP contribution is 2.37. The van der Waals surface area contributed by atoms with Crippen LogP contribution in [-0.4, -0.2) is 33.3 Å². The van der Waals surface area contributed by atoms with Crippen LogP contribution in [0.5, 0.6) is 5.75 Å². The quantitative estimate of drug-likeness (QED) is 0.805. The second kappa shape index (κ2) is 5.05. The monoisotopic (exact) mass is 272 g/mol. The van der Waals surface area contributed by atoms with Crippen molar-refractivity contribution in [1.29, 1.82) is 5.26 Å². The molecule has 1 heterocycles. The average molecular weight is 272 g/mol. The lowest BCUT2D eigenvalue weighted by Crippen LogP contribution is -2.31. The van der Waals surface area contributed by atoms with Crippen LogP contribution in [0.15, 0.2) is 35.6 Å². The number of nitriles is 1. The zero-order chi connectivity index (χ0) is 14.9. The van der Waals surface area contributed by atoms with Gasteiger partial charge < -0.3 is 15.1 Å². The van der Waals surface area contributed by atoms with E-state index in [0.29, 0.717) is 5.56 Å². The van der Waals surface area contributed by atoms with Gasteiger partial charge in [0.1, 0.15) is 12.3 Å². The maximum atomic E-state index is 11.9. The number of carbonyl (C=O) groups excluding carboxylic acids is 2. The molecule has 1 unspecified atom stereocenters. The van der Waals surface area contributed by atoms with Gasteiger partial charge in [0.05, 0.1) is 17.7 Å². The lowest BCUT2D eigenvalue weighted by atomic mass is 9.97. The summed E-state index contributed by atoms with van der Waals surface area (Å²) in [6.07, 6.45) is 0. The molecule has 1 atom stereocenters. The Balaban J connectivity index is 2.54. The second-order valence-corrected chi connectivity index (χ2v) is 4.40. The Hall–Kier alpha value is -2.81. The summed E-state index contributed by atoms with van der Waals surface area (Å²) in [5.41, 5.74) is 0.511. The molecular weight excluding hydrogens is 260 g/mol. The predicted molar refractivity (Wildman–Crippen MR) is 68.5 cm³/mol. The van der Waals surface area contributed by atoms with E-state index in [4.69, 9.17) is 5.26 Å². The van der Waals surface area contributed by atoms with Crippen molar-refractivity contribution in [2.24, 2.45) is 0 Å². The largest absolute Gasteiger partial charge is 0.508 e. The number of hydrogen-bond donors (Lipinski definition) is 2. The van der Waals surface area contributed by atoms with Crippen LogP contribution >= 0.6 is 0 Å². The van der Waals surface area contributed by atoms with E-state index < -0.39 is 23.5 Å². The van der Waals surface area contributed by atoms with Crippen molar-refractivity contribution in [3.05, 3.63) is 41.2 Å². The Morgan fingerprint density at radius 1 is 1.35 bits per heavy atom. The smallest absolute Gasteiger partial charge is 0.290 e. The molecule has 102 valence electrons. The molecule has 0 aliphatic carbocycles. The third-order valence-electron chi connectivity index (χ3n) is 3.13. The molecule has 1 amide bonds. The predicted octanol–water partition coefficient (Wildman–Crippen LogP) is 1.20. The van der Waals surface area contributed by atoms with Crippen LogP contribution in [0.25, 0.3) is 0 Å². The van der Waals surface area contributed by atoms with Gasteiger partial charge in [-0.3, -0.25) is 9.59 Å². The number of phenolic OH excluding ortho intramolecular Hbond substituents is 1. The van der Waals surface area contributed by atoms with Gasteiger partial charge in [-0.2, -0.15) is 5.26 Å². The molecule has 2 rings (SSSR count). The van der Waals surface area contributed by atoms with Gasteiger partial charge in [0.25, 0.3) is 5.91 Å². The maximum Gasteiger partial charge on any atom is 0.290 e. The van der Waals surface area contributed by atoms with Crippen molar-refractivity contribution >= 4 is 11.7 Å². The molecule has 6 heteroatoms. The number of aliphatic hydroxyl groups excluding tert-OH is 1. The number of phenols is 1. The lowest BCUT2D eigenvalue weighted by Gasteiger charge is -2.23. The molecule has 0 spiro atoms. The summed E-state index contributed by atoms with van der Waals surface area (Å²) >= 11 is 0. The van der Waals surface area contributed by atoms with Gasteiger partial charge in [-0.15, -0.1) is 0 Å². The van der Waals surface area contributed by atoms with E-state index in [2.05, 4.69) is 0 Å². The minimum atomic E-state index is -0.805. The first kappa shape index (κ1) is 13.6. The fraction of sp³-hybridized carbons (Fsp3) is 0.214. The van der Waals surface area contributed by atoms with E-state index in [0.717, 1.165) is 4.90 Å². The van der Waals surface area contributed by atoms with Gasteiger partial charge in [0.15, 0.2) is 11.5 Å². The standard InChI is InChI=1S/C14H12N2O4/c1-8(17)11-12(9-2-4-10(18)5-3-9)16(7-6-15)14(20)13(11)19/h2-5,12,18-19H,7H2,1H3. The maximum absolute atomic E-state index is 11.9. The van der Waals surface area contributed by atoms with Crippen LogP contribution in [0, 0.1) is 11.3 Å². The second-order valence-electron chi connectivity index (χ2n) is 4.40. The topological polar surface area (TPSA) is 102 Å². The summed E-state index contributed by atoms with van der Waals surface area (Å²) in [5.74, 6) is -1.75. The number of carbonyl (C=O) groups is 2. The van der Waals surface area contributed by atoms with Crippen LogP contribution in [0.2, 0.25) is 0 Å². The average Bonchev–Trinajstić information content (AvgIpc) is 2.65. The Morgan fingerprint density at radius 3 is 2.45 bits per heavy atom. The fourth-order valence-corrected chi connectivity index (χ4v) is 2.26. The zero-order valence-electron chi connectivity index (χ0n) is 10.7. The number of rotatable bonds is 3. The van der Waals surface area contributed by atoms with E-state index in [1.54, 1.807) is 12.1 Å². The molecule has 2 N–H and O–H groups in total. The third kappa shape index (κ3) is 2.10. The first-order valence-electron chi connectivity index (χ1n) is 5.88. The van der Waals surface area contributed by atoms with Crippen LogP contribution in [0.3, 0.4) is 0 Å². The van der Waals surface area contributed by atoms with E-state index in [-0.39, 0.29) is 17.9 Å². The van der Waals surface area contributed by atoms with Crippen LogP contribution < -0.4 is 0 Å². The molecule has 0 radical (unpaired) electrons. The van der Waals surface area contributed by atoms with Gasteiger partial charge >= 0.3 is 0 Å². The van der Waals surface area contributed by atoms with Gasteiger partial charge in [-0.25, -0.2) is 0 Å². The summed E-state index contributed by atoms with van der Waals surface area (Å²) in [7, 11) is 0. The van der Waals surface area contributed by atoms with Gasteiger partial charge in [0.2, 0.25) is 0 Å². The number of aromatic hydroxyl groups is 1. The summed E-state index contributed by atoms with van der Waals surface area (Å²) in [5, 5.41) is 27.9. The molecule has 6 nitrogen and oxygen atoms in total. The molecule has 1 aromatic rings. The number of nitrogens with zero attached hydrogens (tertiary/aromatic N) is 2. The minimum Gasteiger partial charge on any atom is -0.508 e. The van der Waals surface area contributed by atoms with Crippen molar-refractivity contribution in [1.82, 2.24) is 4.90 Å². The highest BCUT2D eigenvalue weighted by Gasteiger charge is 2.42. The minimum absolute atomic E-state index is 0.0315. The molecule has 1 aliphatic rings. The molecule has 0 saturated heterocycles. The van der Waals surface area contributed by atoms with Crippen molar-refractivity contribution in [3.63, 3.8) is 0 Å². The summed E-state index contributed by atoms with van der Waals surface area (Å²) in [4.78, 5) is 24.7. The molecule has 0 aromatic heterocycles. The molecular formula is C14H12N2O4. The van der Waals surface area contributed by atoms with Gasteiger partial charge in [-0.05, 0) is 24.6 Å². The number of benzene rings is 1. The number of aliphatic hydroxyl groups is 1.